The van der Waals surface area contributed by atoms with Crippen molar-refractivity contribution in [1.82, 2.24) is 10.3 Å². The summed E-state index contributed by atoms with van der Waals surface area (Å²) in [4.78, 5) is 16.2. The number of carbonyl (C=O) groups excluding carboxylic acids is 1. The third-order valence-electron chi connectivity index (χ3n) is 3.43. The van der Waals surface area contributed by atoms with E-state index in [0.717, 1.165) is 18.5 Å². The Labute approximate surface area is 123 Å². The molecule has 1 aromatic heterocycles. The highest BCUT2D eigenvalue weighted by molar-refractivity contribution is 5.78. The van der Waals surface area contributed by atoms with E-state index in [-0.39, 0.29) is 11.8 Å². The highest BCUT2D eigenvalue weighted by Crippen LogP contribution is 2.23. The van der Waals surface area contributed by atoms with Crippen molar-refractivity contribution in [1.29, 1.82) is 0 Å². The van der Waals surface area contributed by atoms with E-state index in [1.165, 1.54) is 12.8 Å². The van der Waals surface area contributed by atoms with Crippen LogP contribution >= 0.6 is 0 Å². The van der Waals surface area contributed by atoms with E-state index in [1.54, 1.807) is 6.20 Å². The minimum absolute atomic E-state index is 0.0821. The number of carbonyl (C=O) groups is 1. The third kappa shape index (κ3) is 7.27. The Morgan fingerprint density at radius 1 is 1.30 bits per heavy atom. The molecule has 112 valence electrons. The maximum Gasteiger partial charge on any atom is 0.223 e. The summed E-state index contributed by atoms with van der Waals surface area (Å²) in [5, 5.41) is 2.95. The minimum Gasteiger partial charge on any atom is -0.350 e. The van der Waals surface area contributed by atoms with Crippen LogP contribution in [0.15, 0.2) is 24.4 Å². The molecule has 0 radical (unpaired) electrons. The molecule has 1 amide bonds. The van der Waals surface area contributed by atoms with Gasteiger partial charge in [-0.15, -0.1) is 0 Å². The van der Waals surface area contributed by atoms with Gasteiger partial charge in [-0.3, -0.25) is 9.78 Å². The number of hydrogen-bond donors (Lipinski definition) is 1. The Balaban J connectivity index is 2.19. The van der Waals surface area contributed by atoms with Crippen molar-refractivity contribution in [3.05, 3.63) is 30.1 Å². The average Bonchev–Trinajstić information content (AvgIpc) is 2.40. The maximum atomic E-state index is 12.0. The van der Waals surface area contributed by atoms with E-state index in [1.807, 2.05) is 25.1 Å². The average molecular weight is 276 g/mol. The smallest absolute Gasteiger partial charge is 0.223 e. The first-order chi connectivity index (χ1) is 9.38. The van der Waals surface area contributed by atoms with Crippen molar-refractivity contribution < 1.29 is 4.79 Å². The van der Waals surface area contributed by atoms with E-state index in [0.29, 0.717) is 12.0 Å². The lowest BCUT2D eigenvalue weighted by Crippen LogP contribution is -2.29. The molecule has 0 saturated carbocycles. The summed E-state index contributed by atoms with van der Waals surface area (Å²) >= 11 is 0. The molecule has 0 aromatic carbocycles. The van der Waals surface area contributed by atoms with Crippen LogP contribution in [0, 0.1) is 11.3 Å². The molecule has 0 bridgehead atoms. The Bertz CT molecular complexity index is 395. The predicted octanol–water partition coefficient (Wildman–Crippen LogP) is 3.94. The molecule has 3 heteroatoms. The van der Waals surface area contributed by atoms with Crippen LogP contribution in [0.5, 0.6) is 0 Å². The number of amides is 1. The van der Waals surface area contributed by atoms with E-state index in [9.17, 15) is 4.79 Å². The van der Waals surface area contributed by atoms with Crippen molar-refractivity contribution in [3.8, 4) is 0 Å². The molecule has 1 heterocycles. The topological polar surface area (TPSA) is 42.0 Å². The van der Waals surface area contributed by atoms with Crippen molar-refractivity contribution in [2.45, 2.75) is 59.9 Å². The second-order valence-corrected chi connectivity index (χ2v) is 6.75. The number of nitrogens with zero attached hydrogens (tertiary/aromatic N) is 1. The van der Waals surface area contributed by atoms with Crippen molar-refractivity contribution in [2.24, 2.45) is 11.3 Å². The van der Waals surface area contributed by atoms with E-state index < -0.39 is 0 Å². The molecule has 1 aromatic rings. The van der Waals surface area contributed by atoms with Gasteiger partial charge >= 0.3 is 0 Å². The molecule has 1 rings (SSSR count). The molecule has 0 aliphatic rings. The molecule has 0 aliphatic heterocycles. The normalized spacial score (nSPS) is 13.0. The molecule has 0 spiro atoms. The standard InChI is InChI=1S/C17H28N2O/c1-14(9-5-7-11-17(2,3)4)16(20)19-13-15-10-6-8-12-18-15/h6,8,10,12,14H,5,7,9,11,13H2,1-4H3,(H,19,20). The van der Waals surface area contributed by atoms with Crippen LogP contribution in [0.3, 0.4) is 0 Å². The zero-order valence-corrected chi connectivity index (χ0v) is 13.3. The molecule has 0 saturated heterocycles. The van der Waals surface area contributed by atoms with Crippen LogP contribution in [-0.2, 0) is 11.3 Å². The van der Waals surface area contributed by atoms with Gasteiger partial charge in [0, 0.05) is 12.1 Å². The Morgan fingerprint density at radius 2 is 2.05 bits per heavy atom. The summed E-state index contributed by atoms with van der Waals surface area (Å²) in [6.07, 6.45) is 6.24. The summed E-state index contributed by atoms with van der Waals surface area (Å²) in [6, 6.07) is 5.74. The predicted molar refractivity (Wildman–Crippen MR) is 83.2 cm³/mol. The van der Waals surface area contributed by atoms with Gasteiger partial charge in [0.1, 0.15) is 0 Å². The summed E-state index contributed by atoms with van der Waals surface area (Å²) in [5.74, 6) is 0.213. The molecular weight excluding hydrogens is 248 g/mol. The van der Waals surface area contributed by atoms with Gasteiger partial charge in [-0.2, -0.15) is 0 Å². The van der Waals surface area contributed by atoms with E-state index >= 15 is 0 Å². The van der Waals surface area contributed by atoms with Crippen molar-refractivity contribution in [2.75, 3.05) is 0 Å². The lowest BCUT2D eigenvalue weighted by Gasteiger charge is -2.18. The first-order valence-electron chi connectivity index (χ1n) is 7.56. The SMILES string of the molecule is CC(CCCCC(C)(C)C)C(=O)NCc1ccccn1. The second kappa shape index (κ2) is 8.03. The van der Waals surface area contributed by atoms with Gasteiger partial charge < -0.3 is 5.32 Å². The van der Waals surface area contributed by atoms with Crippen molar-refractivity contribution >= 4 is 5.91 Å². The molecule has 1 unspecified atom stereocenters. The van der Waals surface area contributed by atoms with Crippen LogP contribution in [0.25, 0.3) is 0 Å². The Morgan fingerprint density at radius 3 is 2.65 bits per heavy atom. The number of pyridine rings is 1. The monoisotopic (exact) mass is 276 g/mol. The number of unbranched alkanes of at least 4 members (excludes halogenated alkanes) is 1. The quantitative estimate of drug-likeness (QED) is 0.766. The van der Waals surface area contributed by atoms with Gasteiger partial charge in [-0.25, -0.2) is 0 Å². The molecule has 0 aliphatic carbocycles. The zero-order chi connectivity index (χ0) is 15.0. The number of hydrogen-bond acceptors (Lipinski definition) is 2. The molecule has 1 atom stereocenters. The minimum atomic E-state index is 0.0821. The fraction of sp³-hybridized carbons (Fsp3) is 0.647. The first kappa shape index (κ1) is 16.7. The number of nitrogens with one attached hydrogen (secondary N) is 1. The van der Waals surface area contributed by atoms with E-state index in [4.69, 9.17) is 0 Å². The first-order valence-corrected chi connectivity index (χ1v) is 7.56. The van der Waals surface area contributed by atoms with E-state index in [2.05, 4.69) is 31.1 Å². The fourth-order valence-corrected chi connectivity index (χ4v) is 2.09. The molecule has 0 fully saturated rings. The van der Waals surface area contributed by atoms with Crippen LogP contribution in [-0.4, -0.2) is 10.9 Å². The molecular formula is C17H28N2O. The fourth-order valence-electron chi connectivity index (χ4n) is 2.09. The second-order valence-electron chi connectivity index (χ2n) is 6.75. The van der Waals surface area contributed by atoms with Crippen LogP contribution in [0.4, 0.5) is 0 Å². The highest BCUT2D eigenvalue weighted by atomic mass is 16.1. The third-order valence-corrected chi connectivity index (χ3v) is 3.43. The lowest BCUT2D eigenvalue weighted by atomic mass is 9.88. The maximum absolute atomic E-state index is 12.0. The summed E-state index contributed by atoms with van der Waals surface area (Å²) in [6.45, 7) is 9.30. The van der Waals surface area contributed by atoms with Gasteiger partial charge in [0.25, 0.3) is 0 Å². The number of aromatic nitrogens is 1. The summed E-state index contributed by atoms with van der Waals surface area (Å²) in [5.41, 5.74) is 1.30. The van der Waals surface area contributed by atoms with Crippen molar-refractivity contribution in [3.63, 3.8) is 0 Å². The lowest BCUT2D eigenvalue weighted by molar-refractivity contribution is -0.124. The molecule has 20 heavy (non-hydrogen) atoms. The zero-order valence-electron chi connectivity index (χ0n) is 13.3. The highest BCUT2D eigenvalue weighted by Gasteiger charge is 2.14. The van der Waals surface area contributed by atoms with Crippen LogP contribution in [0.1, 0.15) is 59.1 Å². The summed E-state index contributed by atoms with van der Waals surface area (Å²) < 4.78 is 0. The largest absolute Gasteiger partial charge is 0.350 e. The van der Waals surface area contributed by atoms with Gasteiger partial charge in [-0.1, -0.05) is 46.6 Å². The van der Waals surface area contributed by atoms with Gasteiger partial charge in [0.15, 0.2) is 0 Å². The van der Waals surface area contributed by atoms with Gasteiger partial charge in [0.05, 0.1) is 12.2 Å². The number of rotatable bonds is 7. The van der Waals surface area contributed by atoms with Gasteiger partial charge in [-0.05, 0) is 30.4 Å². The van der Waals surface area contributed by atoms with Gasteiger partial charge in [0.2, 0.25) is 5.91 Å². The van der Waals surface area contributed by atoms with Crippen LogP contribution in [0.2, 0.25) is 0 Å². The summed E-state index contributed by atoms with van der Waals surface area (Å²) in [7, 11) is 0. The molecule has 3 nitrogen and oxygen atoms in total. The Kier molecular flexibility index (Phi) is 6.69. The Hall–Kier alpha value is -1.38. The molecule has 1 N–H and O–H groups in total. The van der Waals surface area contributed by atoms with Crippen LogP contribution < -0.4 is 5.32 Å².